The summed E-state index contributed by atoms with van der Waals surface area (Å²) in [5, 5.41) is 7.22. The van der Waals surface area contributed by atoms with Crippen LogP contribution >= 0.6 is 12.2 Å². The number of likely N-dealkylation sites (N-methyl/N-ethyl adjacent to an activating group) is 1. The first-order chi connectivity index (χ1) is 12.7. The fourth-order valence-electron chi connectivity index (χ4n) is 2.30. The van der Waals surface area contributed by atoms with Crippen LogP contribution in [-0.4, -0.2) is 46.8 Å². The number of nitrogens with one attached hydrogen (secondary N) is 1. The van der Waals surface area contributed by atoms with Crippen molar-refractivity contribution in [2.24, 2.45) is 0 Å². The molecule has 0 aliphatic carbocycles. The number of methoxy groups -OCH3 is 1. The molecule has 148 valence electrons. The van der Waals surface area contributed by atoms with Crippen LogP contribution in [0.25, 0.3) is 0 Å². The summed E-state index contributed by atoms with van der Waals surface area (Å²) in [7, 11) is 3.42. The van der Waals surface area contributed by atoms with Gasteiger partial charge in [0.25, 0.3) is 10.7 Å². The second-order valence-corrected chi connectivity index (χ2v) is 7.53. The van der Waals surface area contributed by atoms with Crippen molar-refractivity contribution in [1.29, 1.82) is 0 Å². The summed E-state index contributed by atoms with van der Waals surface area (Å²) in [6.07, 6.45) is 0. The Kier molecular flexibility index (Phi) is 6.98. The third-order valence-electron chi connectivity index (χ3n) is 3.37. The molecule has 0 aliphatic rings. The number of hydrogen-bond donors (Lipinski definition) is 1. The monoisotopic (exact) mass is 394 g/mol. The van der Waals surface area contributed by atoms with Crippen LogP contribution in [0.3, 0.4) is 0 Å². The Bertz CT molecular complexity index is 808. The van der Waals surface area contributed by atoms with Crippen LogP contribution in [0.4, 0.5) is 0 Å². The highest BCUT2D eigenvalue weighted by Crippen LogP contribution is 2.18. The van der Waals surface area contributed by atoms with Crippen LogP contribution in [0.15, 0.2) is 28.7 Å². The molecule has 8 nitrogen and oxygen atoms in total. The van der Waals surface area contributed by atoms with Crippen molar-refractivity contribution in [3.63, 3.8) is 0 Å². The highest BCUT2D eigenvalue weighted by atomic mass is 32.1. The molecule has 1 N–H and O–H groups in total. The smallest absolute Gasteiger partial charge is 0.288 e. The van der Waals surface area contributed by atoms with Gasteiger partial charge in [0.15, 0.2) is 6.61 Å². The molecule has 0 saturated heterocycles. The Morgan fingerprint density at radius 1 is 1.30 bits per heavy atom. The molecule has 1 amide bonds. The average Bonchev–Trinajstić information content (AvgIpc) is 2.91. The van der Waals surface area contributed by atoms with Gasteiger partial charge in [-0.05, 0) is 64.3 Å². The van der Waals surface area contributed by atoms with Gasteiger partial charge in [-0.15, -0.1) is 5.10 Å². The summed E-state index contributed by atoms with van der Waals surface area (Å²) >= 11 is 5.19. The third kappa shape index (κ3) is 7.03. The Morgan fingerprint density at radius 3 is 2.52 bits per heavy atom. The first kappa shape index (κ1) is 20.9. The minimum atomic E-state index is -0.270. The first-order valence-electron chi connectivity index (χ1n) is 8.49. The van der Waals surface area contributed by atoms with E-state index >= 15 is 0 Å². The molecule has 9 heteroatoms. The number of carbonyl (C=O) groups is 1. The number of benzene rings is 1. The van der Waals surface area contributed by atoms with E-state index in [0.717, 1.165) is 5.75 Å². The van der Waals surface area contributed by atoms with E-state index in [1.165, 1.54) is 4.68 Å². The molecule has 0 aliphatic heterocycles. The molecule has 1 heterocycles. The molecule has 1 aromatic carbocycles. The van der Waals surface area contributed by atoms with Crippen molar-refractivity contribution >= 4 is 18.1 Å². The molecule has 27 heavy (non-hydrogen) atoms. The van der Waals surface area contributed by atoms with Gasteiger partial charge in [-0.25, -0.2) is 4.68 Å². The van der Waals surface area contributed by atoms with Gasteiger partial charge in [0.1, 0.15) is 11.5 Å². The van der Waals surface area contributed by atoms with Crippen LogP contribution in [0, 0.1) is 4.84 Å². The summed E-state index contributed by atoms with van der Waals surface area (Å²) in [4.78, 5) is 14.0. The molecular weight excluding hydrogens is 368 g/mol. The molecular formula is C18H26N4O4S. The van der Waals surface area contributed by atoms with E-state index in [9.17, 15) is 4.79 Å². The van der Waals surface area contributed by atoms with Crippen LogP contribution in [-0.2, 0) is 18.1 Å². The molecule has 0 unspecified atom stereocenters. The third-order valence-corrected chi connectivity index (χ3v) is 3.67. The van der Waals surface area contributed by atoms with Gasteiger partial charge >= 0.3 is 0 Å². The maximum Gasteiger partial charge on any atom is 0.288 e. The van der Waals surface area contributed by atoms with Crippen molar-refractivity contribution in [2.75, 3.05) is 20.7 Å². The van der Waals surface area contributed by atoms with E-state index in [1.54, 1.807) is 36.3 Å². The lowest BCUT2D eigenvalue weighted by Crippen LogP contribution is -2.45. The Hall–Kier alpha value is -2.39. The summed E-state index contributed by atoms with van der Waals surface area (Å²) in [5.41, 5.74) is -0.270. The number of nitrogens with zero attached hydrogens (tertiary/aromatic N) is 3. The van der Waals surface area contributed by atoms with Crippen molar-refractivity contribution in [2.45, 2.75) is 39.6 Å². The van der Waals surface area contributed by atoms with Crippen molar-refractivity contribution < 1.29 is 18.7 Å². The Morgan fingerprint density at radius 2 is 1.93 bits per heavy atom. The summed E-state index contributed by atoms with van der Waals surface area (Å²) in [6.45, 7) is 6.53. The van der Waals surface area contributed by atoms with E-state index < -0.39 is 0 Å². The fourth-order valence-corrected chi connectivity index (χ4v) is 2.49. The second-order valence-electron chi connectivity index (χ2n) is 7.18. The average molecular weight is 394 g/mol. The van der Waals surface area contributed by atoms with Crippen molar-refractivity contribution in [3.8, 4) is 11.5 Å². The standard InChI is InChI=1S/C18H26N4O4S/c1-18(2,3)19-15(23)10-21(4)12-22-17(27)26-16(20-22)11-25-14-8-6-13(24-5)7-9-14/h6-9H,10-12H2,1-5H3,(H,19,23). The molecule has 2 aromatic rings. The van der Waals surface area contributed by atoms with Gasteiger partial charge in [-0.1, -0.05) is 0 Å². The molecule has 0 atom stereocenters. The van der Waals surface area contributed by atoms with Gasteiger partial charge in [-0.2, -0.15) is 0 Å². The van der Waals surface area contributed by atoms with Crippen molar-refractivity contribution in [3.05, 3.63) is 35.0 Å². The predicted octanol–water partition coefficient (Wildman–Crippen LogP) is 2.60. The van der Waals surface area contributed by atoms with Crippen LogP contribution in [0.5, 0.6) is 11.5 Å². The lowest BCUT2D eigenvalue weighted by atomic mass is 10.1. The first-order valence-corrected chi connectivity index (χ1v) is 8.90. The number of ether oxygens (including phenoxy) is 2. The number of amides is 1. The van der Waals surface area contributed by atoms with Gasteiger partial charge in [0.05, 0.1) is 20.3 Å². The van der Waals surface area contributed by atoms with Gasteiger partial charge in [-0.3, -0.25) is 9.69 Å². The largest absolute Gasteiger partial charge is 0.497 e. The predicted molar refractivity (Wildman–Crippen MR) is 103 cm³/mol. The molecule has 1 aromatic heterocycles. The van der Waals surface area contributed by atoms with Crippen molar-refractivity contribution in [1.82, 2.24) is 20.0 Å². The normalized spacial score (nSPS) is 11.5. The van der Waals surface area contributed by atoms with Crippen LogP contribution in [0.2, 0.25) is 0 Å². The Labute approximate surface area is 164 Å². The van der Waals surface area contributed by atoms with Crippen LogP contribution in [0.1, 0.15) is 26.7 Å². The fraction of sp³-hybridized carbons (Fsp3) is 0.500. The Balaban J connectivity index is 1.89. The maximum atomic E-state index is 12.0. The summed E-state index contributed by atoms with van der Waals surface area (Å²) in [5.74, 6) is 1.72. The minimum absolute atomic E-state index is 0.0666. The molecule has 0 radical (unpaired) electrons. The number of rotatable bonds is 8. The summed E-state index contributed by atoms with van der Waals surface area (Å²) < 4.78 is 17.7. The zero-order valence-corrected chi connectivity index (χ0v) is 17.1. The highest BCUT2D eigenvalue weighted by molar-refractivity contribution is 7.71. The highest BCUT2D eigenvalue weighted by Gasteiger charge is 2.16. The molecule has 0 saturated carbocycles. The lowest BCUT2D eigenvalue weighted by Gasteiger charge is -2.23. The molecule has 0 spiro atoms. The van der Waals surface area contributed by atoms with Gasteiger partial charge < -0.3 is 19.2 Å². The quantitative estimate of drug-likeness (QED) is 0.689. The number of carbonyl (C=O) groups excluding carboxylic acids is 1. The maximum absolute atomic E-state index is 12.0. The molecule has 2 rings (SSSR count). The summed E-state index contributed by atoms with van der Waals surface area (Å²) in [6, 6.07) is 7.21. The number of hydrogen-bond acceptors (Lipinski definition) is 7. The lowest BCUT2D eigenvalue weighted by molar-refractivity contribution is -0.123. The van der Waals surface area contributed by atoms with E-state index in [-0.39, 0.29) is 29.4 Å². The van der Waals surface area contributed by atoms with E-state index in [0.29, 0.717) is 18.3 Å². The van der Waals surface area contributed by atoms with E-state index in [4.69, 9.17) is 26.1 Å². The van der Waals surface area contributed by atoms with Gasteiger partial charge in [0.2, 0.25) is 5.91 Å². The second kappa shape index (κ2) is 9.01. The minimum Gasteiger partial charge on any atom is -0.497 e. The zero-order chi connectivity index (χ0) is 20.0. The van der Waals surface area contributed by atoms with Crippen LogP contribution < -0.4 is 14.8 Å². The number of aromatic nitrogens is 2. The molecule has 0 bridgehead atoms. The van der Waals surface area contributed by atoms with E-state index in [2.05, 4.69) is 10.4 Å². The zero-order valence-electron chi connectivity index (χ0n) is 16.3. The van der Waals surface area contributed by atoms with E-state index in [1.807, 2.05) is 27.8 Å². The SMILES string of the molecule is COc1ccc(OCc2nn(CN(C)CC(=O)NC(C)(C)C)c(=S)o2)cc1. The molecule has 0 fully saturated rings. The topological polar surface area (TPSA) is 81.8 Å². The van der Waals surface area contributed by atoms with Gasteiger partial charge in [0, 0.05) is 5.54 Å².